The number of fused-ring (bicyclic) bond motifs is 1. The summed E-state index contributed by atoms with van der Waals surface area (Å²) < 4.78 is 0. The smallest absolute Gasteiger partial charge is 0.230 e. The van der Waals surface area contributed by atoms with Gasteiger partial charge in [-0.2, -0.15) is 0 Å². The number of hydrogen-bond donors (Lipinski definition) is 1. The second-order valence-corrected chi connectivity index (χ2v) is 6.35. The van der Waals surface area contributed by atoms with Gasteiger partial charge in [0, 0.05) is 23.9 Å². The third kappa shape index (κ3) is 2.07. The topological polar surface area (TPSA) is 59.2 Å². The summed E-state index contributed by atoms with van der Waals surface area (Å²) in [7, 11) is 0. The van der Waals surface area contributed by atoms with E-state index in [1.807, 2.05) is 0 Å². The minimum Gasteiger partial charge on any atom is -0.327 e. The predicted molar refractivity (Wildman–Crippen MR) is 68.7 cm³/mol. The molecule has 92 valence electrons. The second kappa shape index (κ2) is 4.23. The summed E-state index contributed by atoms with van der Waals surface area (Å²) in [5.41, 5.74) is 7.06. The van der Waals surface area contributed by atoms with Gasteiger partial charge in [0.25, 0.3) is 0 Å². The molecule has 2 atom stereocenters. The molecule has 0 radical (unpaired) electrons. The number of alkyl halides is 1. The third-order valence-corrected chi connectivity index (χ3v) is 4.71. The minimum atomic E-state index is -0.0781. The van der Waals surface area contributed by atoms with Gasteiger partial charge in [-0.05, 0) is 19.3 Å². The van der Waals surface area contributed by atoms with Crippen molar-refractivity contribution in [2.75, 3.05) is 11.4 Å². The van der Waals surface area contributed by atoms with Gasteiger partial charge in [-0.25, -0.2) is 4.98 Å². The van der Waals surface area contributed by atoms with Crippen molar-refractivity contribution in [2.24, 2.45) is 5.73 Å². The maximum atomic E-state index is 11.7. The van der Waals surface area contributed by atoms with E-state index in [1.54, 1.807) is 16.2 Å². The van der Waals surface area contributed by atoms with Gasteiger partial charge < -0.3 is 5.73 Å². The summed E-state index contributed by atoms with van der Waals surface area (Å²) in [6.07, 6.45) is 3.23. The first kappa shape index (κ1) is 11.4. The lowest BCUT2D eigenvalue weighted by molar-refractivity contribution is -0.117. The Hall–Kier alpha value is -0.650. The van der Waals surface area contributed by atoms with E-state index in [0.717, 1.165) is 30.1 Å². The van der Waals surface area contributed by atoms with Crippen LogP contribution in [0.5, 0.6) is 0 Å². The summed E-state index contributed by atoms with van der Waals surface area (Å²) >= 11 is 7.59. The third-order valence-electron chi connectivity index (χ3n) is 3.28. The van der Waals surface area contributed by atoms with Gasteiger partial charge >= 0.3 is 0 Å². The van der Waals surface area contributed by atoms with E-state index in [2.05, 4.69) is 4.98 Å². The molecule has 1 aromatic heterocycles. The fourth-order valence-electron chi connectivity index (χ4n) is 2.35. The molecule has 17 heavy (non-hydrogen) atoms. The Kier molecular flexibility index (Phi) is 2.84. The molecule has 2 aliphatic rings. The molecule has 1 amide bonds. The summed E-state index contributed by atoms with van der Waals surface area (Å²) in [5.74, 6) is 0.0837. The van der Waals surface area contributed by atoms with E-state index < -0.39 is 0 Å². The Morgan fingerprint density at radius 1 is 1.47 bits per heavy atom. The average molecular weight is 272 g/mol. The predicted octanol–water partition coefficient (Wildman–Crippen LogP) is 1.30. The van der Waals surface area contributed by atoms with Crippen LogP contribution in [0.4, 0.5) is 5.13 Å². The molecule has 0 bridgehead atoms. The van der Waals surface area contributed by atoms with Crippen LogP contribution in [0, 0.1) is 0 Å². The molecule has 0 spiro atoms. The fraction of sp³-hybridized carbons (Fsp3) is 0.636. The quantitative estimate of drug-likeness (QED) is 0.784. The van der Waals surface area contributed by atoms with Gasteiger partial charge in [0.15, 0.2) is 5.13 Å². The number of carbonyl (C=O) groups is 1. The first-order valence-electron chi connectivity index (χ1n) is 5.82. The van der Waals surface area contributed by atoms with Gasteiger partial charge in [0.2, 0.25) is 5.91 Å². The van der Waals surface area contributed by atoms with Crippen molar-refractivity contribution in [3.63, 3.8) is 0 Å². The largest absolute Gasteiger partial charge is 0.327 e. The molecule has 4 nitrogen and oxygen atoms in total. The van der Waals surface area contributed by atoms with Crippen LogP contribution < -0.4 is 10.6 Å². The molecule has 0 saturated carbocycles. The standard InChI is InChI=1S/C11H14ClN3OS/c12-6-3-10(16)15(5-6)11-14-8-2-1-7(13)4-9(8)17-11/h6-7H,1-5,13H2/t6?,7-/m0/s1. The van der Waals surface area contributed by atoms with E-state index in [0.29, 0.717) is 13.0 Å². The lowest BCUT2D eigenvalue weighted by atomic mass is 9.99. The molecule has 6 heteroatoms. The van der Waals surface area contributed by atoms with Crippen molar-refractivity contribution in [3.05, 3.63) is 10.6 Å². The first-order chi connectivity index (χ1) is 8.13. The highest BCUT2D eigenvalue weighted by atomic mass is 35.5. The van der Waals surface area contributed by atoms with Crippen molar-refractivity contribution in [2.45, 2.75) is 37.1 Å². The SMILES string of the molecule is N[C@H]1CCc2nc(N3CC(Cl)CC3=O)sc2C1. The fourth-order valence-corrected chi connectivity index (χ4v) is 3.85. The Bertz CT molecular complexity index is 462. The number of aromatic nitrogens is 1. The van der Waals surface area contributed by atoms with Crippen molar-refractivity contribution in [1.29, 1.82) is 0 Å². The van der Waals surface area contributed by atoms with Gasteiger partial charge in [0.1, 0.15) is 0 Å². The Morgan fingerprint density at radius 3 is 3.00 bits per heavy atom. The molecule has 3 rings (SSSR count). The number of anilines is 1. The molecular weight excluding hydrogens is 258 g/mol. The number of carbonyl (C=O) groups excluding carboxylic acids is 1. The number of aryl methyl sites for hydroxylation is 1. The minimum absolute atomic E-state index is 0.0781. The van der Waals surface area contributed by atoms with Crippen LogP contribution in [-0.4, -0.2) is 28.9 Å². The van der Waals surface area contributed by atoms with Gasteiger partial charge in [0.05, 0.1) is 11.1 Å². The first-order valence-corrected chi connectivity index (χ1v) is 7.07. The number of thiazole rings is 1. The lowest BCUT2D eigenvalue weighted by Crippen LogP contribution is -2.27. The summed E-state index contributed by atoms with van der Waals surface area (Å²) in [4.78, 5) is 19.3. The van der Waals surface area contributed by atoms with Crippen molar-refractivity contribution in [3.8, 4) is 0 Å². The number of nitrogens with two attached hydrogens (primary N) is 1. The zero-order valence-corrected chi connectivity index (χ0v) is 10.9. The molecule has 0 aromatic carbocycles. The number of nitrogens with zero attached hydrogens (tertiary/aromatic N) is 2. The second-order valence-electron chi connectivity index (χ2n) is 4.67. The maximum Gasteiger partial charge on any atom is 0.230 e. The van der Waals surface area contributed by atoms with E-state index in [1.165, 1.54) is 4.88 Å². The highest BCUT2D eigenvalue weighted by molar-refractivity contribution is 7.16. The summed E-state index contributed by atoms with van der Waals surface area (Å²) in [6, 6.07) is 0.242. The zero-order valence-electron chi connectivity index (χ0n) is 9.36. The van der Waals surface area contributed by atoms with Crippen LogP contribution in [0.3, 0.4) is 0 Å². The molecule has 1 aromatic rings. The van der Waals surface area contributed by atoms with Crippen LogP contribution in [-0.2, 0) is 17.6 Å². The summed E-state index contributed by atoms with van der Waals surface area (Å²) in [6.45, 7) is 0.582. The van der Waals surface area contributed by atoms with Crippen LogP contribution >= 0.6 is 22.9 Å². The van der Waals surface area contributed by atoms with Crippen molar-refractivity contribution < 1.29 is 4.79 Å². The van der Waals surface area contributed by atoms with Crippen molar-refractivity contribution in [1.82, 2.24) is 4.98 Å². The number of rotatable bonds is 1. The van der Waals surface area contributed by atoms with Gasteiger partial charge in [-0.15, -0.1) is 22.9 Å². The lowest BCUT2D eigenvalue weighted by Gasteiger charge is -2.15. The normalized spacial score (nSPS) is 28.6. The van der Waals surface area contributed by atoms with Crippen molar-refractivity contribution >= 4 is 34.0 Å². The van der Waals surface area contributed by atoms with E-state index >= 15 is 0 Å². The van der Waals surface area contributed by atoms with E-state index in [-0.39, 0.29) is 17.3 Å². The van der Waals surface area contributed by atoms with Gasteiger partial charge in [-0.3, -0.25) is 9.69 Å². The zero-order chi connectivity index (χ0) is 12.0. The molecule has 1 aliphatic heterocycles. The molecular formula is C11H14ClN3OS. The highest BCUT2D eigenvalue weighted by Crippen LogP contribution is 2.34. The summed E-state index contributed by atoms with van der Waals surface area (Å²) in [5, 5.41) is 0.725. The molecule has 1 aliphatic carbocycles. The Balaban J connectivity index is 1.87. The molecule has 2 N–H and O–H groups in total. The number of amides is 1. The monoisotopic (exact) mass is 271 g/mol. The van der Waals surface area contributed by atoms with Gasteiger partial charge in [-0.1, -0.05) is 0 Å². The molecule has 2 heterocycles. The Labute approximate surface area is 109 Å². The van der Waals surface area contributed by atoms with E-state index in [4.69, 9.17) is 17.3 Å². The Morgan fingerprint density at radius 2 is 2.29 bits per heavy atom. The van der Waals surface area contributed by atoms with E-state index in [9.17, 15) is 4.79 Å². The molecule has 1 saturated heterocycles. The van der Waals surface area contributed by atoms with Crippen LogP contribution in [0.2, 0.25) is 0 Å². The average Bonchev–Trinajstić information content (AvgIpc) is 2.80. The van der Waals surface area contributed by atoms with Crippen LogP contribution in [0.1, 0.15) is 23.4 Å². The number of halogens is 1. The van der Waals surface area contributed by atoms with Crippen LogP contribution in [0.15, 0.2) is 0 Å². The molecule has 1 fully saturated rings. The number of hydrogen-bond acceptors (Lipinski definition) is 4. The molecule has 1 unspecified atom stereocenters. The highest BCUT2D eigenvalue weighted by Gasteiger charge is 2.32. The van der Waals surface area contributed by atoms with Crippen LogP contribution in [0.25, 0.3) is 0 Å². The maximum absolute atomic E-state index is 11.7.